The van der Waals surface area contributed by atoms with Crippen LogP contribution in [0, 0.1) is 0 Å². The number of hydrogen-bond donors (Lipinski definition) is 1. The van der Waals surface area contributed by atoms with Gasteiger partial charge in [0, 0.05) is 5.56 Å². The lowest BCUT2D eigenvalue weighted by molar-refractivity contribution is -0.884. The van der Waals surface area contributed by atoms with Gasteiger partial charge in [-0.1, -0.05) is 0 Å². The largest absolute Gasteiger partial charge is 0.504 e. The van der Waals surface area contributed by atoms with Gasteiger partial charge in [-0.3, -0.25) is 4.79 Å². The molecule has 1 aromatic carbocycles. The second-order valence-corrected chi connectivity index (χ2v) is 5.76. The van der Waals surface area contributed by atoms with Crippen molar-refractivity contribution in [1.82, 2.24) is 0 Å². The molecule has 0 heterocycles. The highest BCUT2D eigenvalue weighted by Crippen LogP contribution is 2.32. The van der Waals surface area contributed by atoms with Gasteiger partial charge in [-0.25, -0.2) is 0 Å². The third-order valence-electron chi connectivity index (χ3n) is 2.31. The van der Waals surface area contributed by atoms with Gasteiger partial charge in [-0.2, -0.15) is 0 Å². The van der Waals surface area contributed by atoms with Crippen molar-refractivity contribution >= 4 is 6.29 Å². The van der Waals surface area contributed by atoms with E-state index in [4.69, 9.17) is 4.74 Å². The molecule has 0 radical (unpaired) electrons. The molecule has 0 unspecified atom stereocenters. The molecule has 1 rings (SSSR count). The van der Waals surface area contributed by atoms with Gasteiger partial charge in [0.1, 0.15) is 6.54 Å². The summed E-state index contributed by atoms with van der Waals surface area (Å²) in [4.78, 5) is 11.0. The third kappa shape index (κ3) is 4.04. The molecule has 0 aliphatic heterocycles. The summed E-state index contributed by atoms with van der Waals surface area (Å²) in [6, 6.07) is 3.50. The highest BCUT2D eigenvalue weighted by atomic mass is 16.5. The zero-order chi connectivity index (χ0) is 13.9. The molecule has 0 fully saturated rings. The van der Waals surface area contributed by atoms with E-state index in [9.17, 15) is 9.90 Å². The maximum Gasteiger partial charge on any atom is 0.168 e. The van der Waals surface area contributed by atoms with Gasteiger partial charge in [0.2, 0.25) is 0 Å². The second kappa shape index (κ2) is 5.40. The van der Waals surface area contributed by atoms with Crippen LogP contribution in [0.5, 0.6) is 11.5 Å². The number of aldehydes is 1. The summed E-state index contributed by atoms with van der Waals surface area (Å²) in [6.07, 6.45) is 0.608. The van der Waals surface area contributed by atoms with Gasteiger partial charge in [0.25, 0.3) is 0 Å². The van der Waals surface area contributed by atoms with Gasteiger partial charge in [-0.05, 0) is 26.0 Å². The van der Waals surface area contributed by atoms with Crippen molar-refractivity contribution in [3.8, 4) is 11.5 Å². The Morgan fingerprint density at radius 1 is 1.33 bits per heavy atom. The Balaban J connectivity index is 3.17. The van der Waals surface area contributed by atoms with E-state index in [1.54, 1.807) is 12.1 Å². The molecule has 1 N–H and O–H groups in total. The topological polar surface area (TPSA) is 46.5 Å². The molecule has 0 aromatic heterocycles. The zero-order valence-electron chi connectivity index (χ0n) is 11.7. The summed E-state index contributed by atoms with van der Waals surface area (Å²) in [5.74, 6) is 0.293. The molecule has 18 heavy (non-hydrogen) atoms. The average molecular weight is 252 g/mol. The average Bonchev–Trinajstić information content (AvgIpc) is 2.19. The number of benzene rings is 1. The lowest BCUT2D eigenvalue weighted by Gasteiger charge is -2.24. The maximum absolute atomic E-state index is 11.0. The summed E-state index contributed by atoms with van der Waals surface area (Å²) in [5.41, 5.74) is 1.25. The lowest BCUT2D eigenvalue weighted by atomic mass is 10.1. The maximum atomic E-state index is 11.0. The van der Waals surface area contributed by atoms with Crippen LogP contribution in [0.4, 0.5) is 0 Å². The molecule has 100 valence electrons. The third-order valence-corrected chi connectivity index (χ3v) is 2.31. The number of ether oxygens (including phenoxy) is 1. The van der Waals surface area contributed by atoms with E-state index in [1.807, 2.05) is 13.8 Å². The predicted molar refractivity (Wildman–Crippen MR) is 71.0 cm³/mol. The van der Waals surface area contributed by atoms with E-state index in [1.165, 1.54) is 0 Å². The fourth-order valence-corrected chi connectivity index (χ4v) is 1.76. The Morgan fingerprint density at radius 2 is 1.94 bits per heavy atom. The SMILES string of the molecule is CC(C)Oc1cc(C[N+](C)(C)C)cc(C=O)c1O. The highest BCUT2D eigenvalue weighted by molar-refractivity contribution is 5.81. The van der Waals surface area contributed by atoms with Crippen molar-refractivity contribution in [3.05, 3.63) is 23.3 Å². The summed E-state index contributed by atoms with van der Waals surface area (Å²) in [5, 5.41) is 9.90. The van der Waals surface area contributed by atoms with Crippen LogP contribution in [0.1, 0.15) is 29.8 Å². The number of carbonyl (C=O) groups excluding carboxylic acids is 1. The molecule has 4 nitrogen and oxygen atoms in total. The molecule has 0 bridgehead atoms. The monoisotopic (exact) mass is 252 g/mol. The van der Waals surface area contributed by atoms with Crippen LogP contribution in [0.2, 0.25) is 0 Å². The fourth-order valence-electron chi connectivity index (χ4n) is 1.76. The first-order chi connectivity index (χ1) is 8.23. The van der Waals surface area contributed by atoms with Gasteiger partial charge in [0.15, 0.2) is 17.8 Å². The number of phenols is 1. The highest BCUT2D eigenvalue weighted by Gasteiger charge is 2.16. The first kappa shape index (κ1) is 14.5. The van der Waals surface area contributed by atoms with E-state index >= 15 is 0 Å². The van der Waals surface area contributed by atoms with E-state index in [0.717, 1.165) is 16.6 Å². The number of carbonyl (C=O) groups is 1. The van der Waals surface area contributed by atoms with Gasteiger partial charge in [-0.15, -0.1) is 0 Å². The minimum atomic E-state index is -0.0798. The van der Waals surface area contributed by atoms with Crippen molar-refractivity contribution < 1.29 is 19.1 Å². The molecule has 0 atom stereocenters. The number of aromatic hydroxyl groups is 1. The second-order valence-electron chi connectivity index (χ2n) is 5.76. The van der Waals surface area contributed by atoms with Crippen molar-refractivity contribution in [2.24, 2.45) is 0 Å². The molecular formula is C14H22NO3+. The van der Waals surface area contributed by atoms with Gasteiger partial charge < -0.3 is 14.3 Å². The van der Waals surface area contributed by atoms with Crippen molar-refractivity contribution in [1.29, 1.82) is 0 Å². The Hall–Kier alpha value is -1.55. The standard InChI is InChI=1S/C14H21NO3/c1-10(2)18-13-7-11(8-15(3,4)5)6-12(9-16)14(13)17/h6-7,9-10H,8H2,1-5H3/p+1. The Kier molecular flexibility index (Phi) is 4.35. The van der Waals surface area contributed by atoms with E-state index in [0.29, 0.717) is 12.0 Å². The molecule has 1 aromatic rings. The Bertz CT molecular complexity index is 433. The van der Waals surface area contributed by atoms with E-state index < -0.39 is 0 Å². The normalized spacial score (nSPS) is 11.7. The number of hydrogen-bond acceptors (Lipinski definition) is 3. The molecule has 0 saturated heterocycles. The minimum Gasteiger partial charge on any atom is -0.504 e. The van der Waals surface area contributed by atoms with Crippen LogP contribution in [0.25, 0.3) is 0 Å². The van der Waals surface area contributed by atoms with Crippen molar-refractivity contribution in [3.63, 3.8) is 0 Å². The summed E-state index contributed by atoms with van der Waals surface area (Å²) in [6.45, 7) is 4.52. The smallest absolute Gasteiger partial charge is 0.168 e. The first-order valence-corrected chi connectivity index (χ1v) is 6.01. The number of rotatable bonds is 5. The molecule has 4 heteroatoms. The Morgan fingerprint density at radius 3 is 2.39 bits per heavy atom. The summed E-state index contributed by atoms with van der Waals surface area (Å²) >= 11 is 0. The lowest BCUT2D eigenvalue weighted by Crippen LogP contribution is -2.33. The first-order valence-electron chi connectivity index (χ1n) is 6.01. The minimum absolute atomic E-state index is 0.0465. The fraction of sp³-hybridized carbons (Fsp3) is 0.500. The van der Waals surface area contributed by atoms with Gasteiger partial charge in [0.05, 0.1) is 32.8 Å². The molecule has 0 aliphatic rings. The molecular weight excluding hydrogens is 230 g/mol. The zero-order valence-corrected chi connectivity index (χ0v) is 11.7. The van der Waals surface area contributed by atoms with Crippen LogP contribution in [0.15, 0.2) is 12.1 Å². The summed E-state index contributed by atoms with van der Waals surface area (Å²) in [7, 11) is 6.20. The number of nitrogens with zero attached hydrogens (tertiary/aromatic N) is 1. The van der Waals surface area contributed by atoms with Crippen LogP contribution >= 0.6 is 0 Å². The van der Waals surface area contributed by atoms with Crippen LogP contribution in [0.3, 0.4) is 0 Å². The molecule has 0 spiro atoms. The number of phenolic OH excluding ortho intramolecular Hbond substituents is 1. The predicted octanol–water partition coefficient (Wildman–Crippen LogP) is 2.20. The van der Waals surface area contributed by atoms with Crippen LogP contribution in [-0.4, -0.2) is 43.1 Å². The van der Waals surface area contributed by atoms with E-state index in [-0.39, 0.29) is 17.4 Å². The van der Waals surface area contributed by atoms with Gasteiger partial charge >= 0.3 is 0 Å². The molecule has 0 saturated carbocycles. The van der Waals surface area contributed by atoms with Crippen molar-refractivity contribution in [2.45, 2.75) is 26.5 Å². The Labute approximate surface area is 108 Å². The van der Waals surface area contributed by atoms with Crippen LogP contribution < -0.4 is 4.74 Å². The molecule has 0 aliphatic carbocycles. The van der Waals surface area contributed by atoms with Crippen LogP contribution in [-0.2, 0) is 6.54 Å². The quantitative estimate of drug-likeness (QED) is 0.645. The number of quaternary nitrogens is 1. The van der Waals surface area contributed by atoms with E-state index in [2.05, 4.69) is 21.1 Å². The molecule has 0 amide bonds. The van der Waals surface area contributed by atoms with Crippen molar-refractivity contribution in [2.75, 3.05) is 21.1 Å². The summed E-state index contributed by atoms with van der Waals surface area (Å²) < 4.78 is 6.27.